The molecule has 0 fully saturated rings. The molecule has 2 heterocycles. The fraction of sp³-hybridized carbons (Fsp3) is 0.250. The van der Waals surface area contributed by atoms with Gasteiger partial charge in [-0.3, -0.25) is 9.79 Å². The molecule has 1 atom stereocenters. The third kappa shape index (κ3) is 4.33. The van der Waals surface area contributed by atoms with Crippen LogP contribution in [-0.4, -0.2) is 29.9 Å². The summed E-state index contributed by atoms with van der Waals surface area (Å²) in [5.41, 5.74) is 0.864. The smallest absolute Gasteiger partial charge is 0.231 e. The van der Waals surface area contributed by atoms with Gasteiger partial charge in [-0.05, 0) is 29.1 Å². The van der Waals surface area contributed by atoms with Crippen LogP contribution in [0.25, 0.3) is 0 Å². The largest absolute Gasteiger partial charge is 0.363 e. The molecule has 1 amide bonds. The normalized spacial score (nSPS) is 14.9. The van der Waals surface area contributed by atoms with E-state index in [1.807, 2.05) is 17.5 Å². The minimum atomic E-state index is -0.286. The first-order valence-electron chi connectivity index (χ1n) is 7.22. The number of carbonyl (C=O) groups is 1. The number of thiophene rings is 1. The predicted molar refractivity (Wildman–Crippen MR) is 93.5 cm³/mol. The number of hydrogen-bond acceptors (Lipinski definition) is 5. The average Bonchev–Trinajstić information content (AvgIpc) is 3.25. The third-order valence-corrected chi connectivity index (χ3v) is 5.21. The van der Waals surface area contributed by atoms with Gasteiger partial charge in [0.25, 0.3) is 0 Å². The van der Waals surface area contributed by atoms with Crippen LogP contribution < -0.4 is 10.6 Å². The summed E-state index contributed by atoms with van der Waals surface area (Å²) in [7, 11) is 0. The van der Waals surface area contributed by atoms with Crippen molar-refractivity contribution in [1.82, 2.24) is 10.6 Å². The van der Waals surface area contributed by atoms with E-state index in [-0.39, 0.29) is 17.8 Å². The van der Waals surface area contributed by atoms with E-state index in [4.69, 9.17) is 0 Å². The highest BCUT2D eigenvalue weighted by molar-refractivity contribution is 8.14. The summed E-state index contributed by atoms with van der Waals surface area (Å²) in [6, 6.07) is 9.87. The quantitative estimate of drug-likeness (QED) is 0.873. The van der Waals surface area contributed by atoms with Crippen molar-refractivity contribution in [3.63, 3.8) is 0 Å². The second-order valence-corrected chi connectivity index (χ2v) is 6.91. The topological polar surface area (TPSA) is 53.5 Å². The molecule has 0 spiro atoms. The summed E-state index contributed by atoms with van der Waals surface area (Å²) in [6.45, 7) is 1.59. The van der Waals surface area contributed by atoms with E-state index in [9.17, 15) is 9.18 Å². The van der Waals surface area contributed by atoms with E-state index in [2.05, 4.69) is 15.6 Å². The molecule has 0 saturated heterocycles. The van der Waals surface area contributed by atoms with Gasteiger partial charge in [0.2, 0.25) is 5.91 Å². The van der Waals surface area contributed by atoms with Crippen LogP contribution in [0, 0.1) is 5.82 Å². The number of amidine groups is 1. The van der Waals surface area contributed by atoms with Crippen molar-refractivity contribution in [1.29, 1.82) is 0 Å². The average molecular weight is 349 g/mol. The number of aliphatic imine (C=N–C) groups is 1. The van der Waals surface area contributed by atoms with E-state index in [1.54, 1.807) is 23.5 Å². The molecule has 1 aromatic heterocycles. The summed E-state index contributed by atoms with van der Waals surface area (Å²) < 4.78 is 13.1. The van der Waals surface area contributed by atoms with Gasteiger partial charge in [0, 0.05) is 11.4 Å². The van der Waals surface area contributed by atoms with Crippen molar-refractivity contribution in [3.8, 4) is 0 Å². The first kappa shape index (κ1) is 16.0. The molecule has 0 aliphatic carbocycles. The van der Waals surface area contributed by atoms with Gasteiger partial charge in [-0.1, -0.05) is 30.0 Å². The van der Waals surface area contributed by atoms with Crippen LogP contribution in [0.15, 0.2) is 46.8 Å². The zero-order chi connectivity index (χ0) is 16.1. The minimum absolute atomic E-state index is 0.0749. The lowest BCUT2D eigenvalue weighted by Crippen LogP contribution is -2.31. The number of nitrogens with one attached hydrogen (secondary N) is 2. The van der Waals surface area contributed by atoms with E-state index < -0.39 is 0 Å². The van der Waals surface area contributed by atoms with Crippen molar-refractivity contribution >= 4 is 34.2 Å². The van der Waals surface area contributed by atoms with Gasteiger partial charge in [-0.2, -0.15) is 0 Å². The number of rotatable bonds is 5. The second kappa shape index (κ2) is 7.61. The molecule has 2 aromatic rings. The van der Waals surface area contributed by atoms with Crippen LogP contribution in [0.2, 0.25) is 0 Å². The van der Waals surface area contributed by atoms with E-state index in [0.29, 0.717) is 5.75 Å². The zero-order valence-electron chi connectivity index (χ0n) is 12.3. The molecular weight excluding hydrogens is 333 g/mol. The van der Waals surface area contributed by atoms with E-state index >= 15 is 0 Å². The highest BCUT2D eigenvalue weighted by Gasteiger charge is 2.18. The number of hydrogen-bond donors (Lipinski definition) is 2. The Bertz CT molecular complexity index is 686. The Morgan fingerprint density at radius 1 is 1.39 bits per heavy atom. The summed E-state index contributed by atoms with van der Waals surface area (Å²) in [6.07, 6.45) is 0. The number of benzene rings is 1. The van der Waals surface area contributed by atoms with Crippen LogP contribution in [0.4, 0.5) is 4.39 Å². The second-order valence-electron chi connectivity index (χ2n) is 4.97. The lowest BCUT2D eigenvalue weighted by molar-refractivity contribution is -0.119. The Balaban J connectivity index is 1.68. The van der Waals surface area contributed by atoms with Gasteiger partial charge in [-0.25, -0.2) is 4.39 Å². The van der Waals surface area contributed by atoms with Gasteiger partial charge in [-0.15, -0.1) is 11.3 Å². The Hall–Kier alpha value is -1.86. The monoisotopic (exact) mass is 349 g/mol. The van der Waals surface area contributed by atoms with Crippen LogP contribution in [0.5, 0.6) is 0 Å². The maximum absolute atomic E-state index is 13.1. The SMILES string of the molecule is O=C(CSC1=NCCN1)N[C@@H](c1ccc(F)cc1)c1cccs1. The third-order valence-electron chi connectivity index (χ3n) is 3.32. The fourth-order valence-corrected chi connectivity index (χ4v) is 3.78. The van der Waals surface area contributed by atoms with Crippen LogP contribution in [0.1, 0.15) is 16.5 Å². The van der Waals surface area contributed by atoms with E-state index in [0.717, 1.165) is 28.7 Å². The molecule has 1 aliphatic heterocycles. The standard InChI is InChI=1S/C16H16FN3OS2/c17-12-5-3-11(4-6-12)15(13-2-1-9-22-13)20-14(21)10-23-16-18-7-8-19-16/h1-6,9,15H,7-8,10H2,(H,18,19)(H,20,21)/t15-/m0/s1. The number of amides is 1. The molecular formula is C16H16FN3OS2. The van der Waals surface area contributed by atoms with Crippen molar-refractivity contribution in [2.45, 2.75) is 6.04 Å². The molecule has 1 aromatic carbocycles. The molecule has 7 heteroatoms. The Labute approximate surface area is 142 Å². The van der Waals surface area contributed by atoms with Crippen LogP contribution >= 0.6 is 23.1 Å². The molecule has 3 rings (SSSR count). The molecule has 23 heavy (non-hydrogen) atoms. The summed E-state index contributed by atoms with van der Waals surface area (Å²) >= 11 is 2.96. The maximum Gasteiger partial charge on any atom is 0.231 e. The van der Waals surface area contributed by atoms with Crippen LogP contribution in [0.3, 0.4) is 0 Å². The van der Waals surface area contributed by atoms with E-state index in [1.165, 1.54) is 23.9 Å². The molecule has 1 aliphatic rings. The molecule has 4 nitrogen and oxygen atoms in total. The molecule has 0 radical (unpaired) electrons. The van der Waals surface area contributed by atoms with Gasteiger partial charge < -0.3 is 10.6 Å². The number of nitrogens with zero attached hydrogens (tertiary/aromatic N) is 1. The van der Waals surface area contributed by atoms with Crippen molar-refractivity contribution < 1.29 is 9.18 Å². The lowest BCUT2D eigenvalue weighted by Gasteiger charge is -2.18. The Kier molecular flexibility index (Phi) is 5.30. The van der Waals surface area contributed by atoms with Gasteiger partial charge in [0.1, 0.15) is 5.82 Å². The zero-order valence-corrected chi connectivity index (χ0v) is 13.9. The van der Waals surface area contributed by atoms with Crippen molar-refractivity contribution in [2.24, 2.45) is 4.99 Å². The number of halogens is 1. The van der Waals surface area contributed by atoms with Gasteiger partial charge >= 0.3 is 0 Å². The fourth-order valence-electron chi connectivity index (χ4n) is 2.24. The van der Waals surface area contributed by atoms with Gasteiger partial charge in [0.15, 0.2) is 5.17 Å². The highest BCUT2D eigenvalue weighted by Crippen LogP contribution is 2.26. The van der Waals surface area contributed by atoms with Crippen molar-refractivity contribution in [3.05, 3.63) is 58.0 Å². The minimum Gasteiger partial charge on any atom is -0.363 e. The summed E-state index contributed by atoms with van der Waals surface area (Å²) in [5.74, 6) is -0.0606. The Morgan fingerprint density at radius 2 is 2.22 bits per heavy atom. The molecule has 0 saturated carbocycles. The molecule has 0 bridgehead atoms. The lowest BCUT2D eigenvalue weighted by atomic mass is 10.1. The molecule has 0 unspecified atom stereocenters. The maximum atomic E-state index is 13.1. The van der Waals surface area contributed by atoms with Crippen molar-refractivity contribution in [2.75, 3.05) is 18.8 Å². The summed E-state index contributed by atoms with van der Waals surface area (Å²) in [4.78, 5) is 17.5. The molecule has 2 N–H and O–H groups in total. The first-order chi connectivity index (χ1) is 11.2. The molecule has 120 valence electrons. The predicted octanol–water partition coefficient (Wildman–Crippen LogP) is 2.79. The number of carbonyl (C=O) groups excluding carboxylic acids is 1. The van der Waals surface area contributed by atoms with Crippen LogP contribution in [-0.2, 0) is 4.79 Å². The summed E-state index contributed by atoms with van der Waals surface area (Å²) in [5, 5.41) is 8.93. The first-order valence-corrected chi connectivity index (χ1v) is 9.08. The Morgan fingerprint density at radius 3 is 2.87 bits per heavy atom. The highest BCUT2D eigenvalue weighted by atomic mass is 32.2. The number of thioether (sulfide) groups is 1. The van der Waals surface area contributed by atoms with Gasteiger partial charge in [0.05, 0.1) is 18.3 Å².